The summed E-state index contributed by atoms with van der Waals surface area (Å²) in [6.07, 6.45) is 0. The summed E-state index contributed by atoms with van der Waals surface area (Å²) >= 11 is 0. The van der Waals surface area contributed by atoms with Crippen molar-refractivity contribution in [1.29, 1.82) is 0 Å². The summed E-state index contributed by atoms with van der Waals surface area (Å²) in [6, 6.07) is 13.1. The Balaban J connectivity index is 1.80. The Hall–Kier alpha value is -2.99. The largest absolute Gasteiger partial charge is 0.436 e. The third-order valence-electron chi connectivity index (χ3n) is 4.10. The van der Waals surface area contributed by atoms with Gasteiger partial charge in [0.2, 0.25) is 5.71 Å². The second-order valence-corrected chi connectivity index (χ2v) is 6.21. The number of hydrogen-bond donors (Lipinski definition) is 1. The van der Waals surface area contributed by atoms with E-state index >= 15 is 0 Å². The molecule has 0 saturated heterocycles. The van der Waals surface area contributed by atoms with Gasteiger partial charge in [-0.2, -0.15) is 0 Å². The number of amides is 1. The molecule has 2 aromatic carbocycles. The summed E-state index contributed by atoms with van der Waals surface area (Å²) in [6.45, 7) is 1.35. The molecule has 0 saturated carbocycles. The van der Waals surface area contributed by atoms with Crippen molar-refractivity contribution in [1.82, 2.24) is 20.2 Å². The first-order valence-corrected chi connectivity index (χ1v) is 8.14. The molecule has 2 heterocycles. The molecular weight excluding hydrogens is 316 g/mol. The number of nitrogens with one attached hydrogen (secondary N) is 1. The summed E-state index contributed by atoms with van der Waals surface area (Å²) in [4.78, 5) is 23.8. The third kappa shape index (κ3) is 2.81. The van der Waals surface area contributed by atoms with Crippen molar-refractivity contribution in [2.45, 2.75) is 0 Å². The van der Waals surface area contributed by atoms with Crippen LogP contribution in [0.25, 0.3) is 33.2 Å². The second-order valence-electron chi connectivity index (χ2n) is 6.21. The summed E-state index contributed by atoms with van der Waals surface area (Å²) in [5, 5.41) is 3.84. The number of nitrogens with zero attached hydrogens (tertiary/aromatic N) is 3. The molecule has 0 unspecified atom stereocenters. The van der Waals surface area contributed by atoms with E-state index < -0.39 is 0 Å². The van der Waals surface area contributed by atoms with Gasteiger partial charge in [0, 0.05) is 18.5 Å². The molecule has 6 heteroatoms. The van der Waals surface area contributed by atoms with Crippen LogP contribution in [0, 0.1) is 0 Å². The zero-order chi connectivity index (χ0) is 17.4. The fourth-order valence-corrected chi connectivity index (χ4v) is 2.84. The van der Waals surface area contributed by atoms with E-state index in [1.165, 1.54) is 0 Å². The van der Waals surface area contributed by atoms with Crippen LogP contribution in [-0.2, 0) is 0 Å². The maximum Gasteiger partial charge on any atom is 0.253 e. The lowest BCUT2D eigenvalue weighted by Crippen LogP contribution is -2.31. The number of aromatic nitrogens is 2. The summed E-state index contributed by atoms with van der Waals surface area (Å²) in [5.74, 6) is -0.155. The van der Waals surface area contributed by atoms with Crippen LogP contribution in [0.4, 0.5) is 0 Å². The lowest BCUT2D eigenvalue weighted by atomic mass is 10.1. The average molecular weight is 334 g/mol. The quantitative estimate of drug-likeness (QED) is 0.621. The van der Waals surface area contributed by atoms with E-state index in [9.17, 15) is 4.79 Å². The highest BCUT2D eigenvalue weighted by atomic mass is 16.3. The number of para-hydroxylation sites is 2. The molecule has 0 aliphatic heterocycles. The molecule has 126 valence electrons. The fraction of sp³-hybridized carbons (Fsp3) is 0.211. The van der Waals surface area contributed by atoms with Crippen LogP contribution in [0.5, 0.6) is 0 Å². The third-order valence-corrected chi connectivity index (χ3v) is 4.10. The van der Waals surface area contributed by atoms with Crippen molar-refractivity contribution in [3.05, 3.63) is 48.0 Å². The normalized spacial score (nSPS) is 11.6. The summed E-state index contributed by atoms with van der Waals surface area (Å²) in [5.41, 5.74) is 3.64. The Labute approximate surface area is 144 Å². The van der Waals surface area contributed by atoms with Gasteiger partial charge in [-0.15, -0.1) is 0 Å². The monoisotopic (exact) mass is 334 g/mol. The highest BCUT2D eigenvalue weighted by Gasteiger charge is 2.16. The van der Waals surface area contributed by atoms with Crippen LogP contribution >= 0.6 is 0 Å². The van der Waals surface area contributed by atoms with Crippen molar-refractivity contribution < 1.29 is 9.21 Å². The molecule has 6 nitrogen and oxygen atoms in total. The predicted molar refractivity (Wildman–Crippen MR) is 97.7 cm³/mol. The predicted octanol–water partition coefficient (Wildman–Crippen LogP) is 2.82. The van der Waals surface area contributed by atoms with E-state index in [2.05, 4.69) is 15.3 Å². The maximum absolute atomic E-state index is 12.5. The molecule has 2 aromatic heterocycles. The van der Waals surface area contributed by atoms with Crippen molar-refractivity contribution in [2.24, 2.45) is 0 Å². The first kappa shape index (κ1) is 15.5. The Bertz CT molecular complexity index is 1080. The highest BCUT2D eigenvalue weighted by molar-refractivity contribution is 6.08. The first-order valence-electron chi connectivity index (χ1n) is 8.14. The molecule has 25 heavy (non-hydrogen) atoms. The van der Waals surface area contributed by atoms with Gasteiger partial charge in [-0.1, -0.05) is 18.2 Å². The van der Waals surface area contributed by atoms with Gasteiger partial charge in [0.1, 0.15) is 16.6 Å². The second kappa shape index (κ2) is 6.14. The molecule has 4 rings (SSSR count). The lowest BCUT2D eigenvalue weighted by molar-refractivity contribution is 0.0952. The van der Waals surface area contributed by atoms with Crippen LogP contribution in [0.3, 0.4) is 0 Å². The molecule has 0 aliphatic carbocycles. The molecule has 0 spiro atoms. The molecule has 0 aliphatic rings. The highest BCUT2D eigenvalue weighted by Crippen LogP contribution is 2.28. The molecule has 0 fully saturated rings. The molecular formula is C19H18N4O2. The summed E-state index contributed by atoms with van der Waals surface area (Å²) < 4.78 is 5.80. The minimum Gasteiger partial charge on any atom is -0.436 e. The Morgan fingerprint density at radius 2 is 1.92 bits per heavy atom. The van der Waals surface area contributed by atoms with Gasteiger partial charge in [0.15, 0.2) is 0 Å². The van der Waals surface area contributed by atoms with Gasteiger partial charge in [-0.3, -0.25) is 4.79 Å². The van der Waals surface area contributed by atoms with Crippen molar-refractivity contribution >= 4 is 39.1 Å². The van der Waals surface area contributed by atoms with Crippen molar-refractivity contribution in [3.63, 3.8) is 0 Å². The summed E-state index contributed by atoms with van der Waals surface area (Å²) in [7, 11) is 3.93. The van der Waals surface area contributed by atoms with Gasteiger partial charge in [-0.25, -0.2) is 9.97 Å². The molecule has 1 N–H and O–H groups in total. The molecule has 1 amide bonds. The Morgan fingerprint density at radius 3 is 2.76 bits per heavy atom. The topological polar surface area (TPSA) is 71.3 Å². The van der Waals surface area contributed by atoms with E-state index in [1.807, 2.05) is 55.4 Å². The Kier molecular flexibility index (Phi) is 3.82. The molecule has 0 radical (unpaired) electrons. The fourth-order valence-electron chi connectivity index (χ4n) is 2.84. The minimum atomic E-state index is -0.155. The van der Waals surface area contributed by atoms with E-state index in [0.29, 0.717) is 34.4 Å². The van der Waals surface area contributed by atoms with E-state index in [1.54, 1.807) is 6.07 Å². The van der Waals surface area contributed by atoms with Crippen molar-refractivity contribution in [3.8, 4) is 0 Å². The zero-order valence-electron chi connectivity index (χ0n) is 14.1. The number of fused-ring (bicyclic) bond motifs is 4. The number of rotatable bonds is 4. The smallest absolute Gasteiger partial charge is 0.253 e. The van der Waals surface area contributed by atoms with Crippen LogP contribution in [0.2, 0.25) is 0 Å². The number of hydrogen-bond acceptors (Lipinski definition) is 5. The maximum atomic E-state index is 12.5. The van der Waals surface area contributed by atoms with Gasteiger partial charge in [0.25, 0.3) is 5.91 Å². The van der Waals surface area contributed by atoms with Gasteiger partial charge in [0.05, 0.1) is 11.1 Å². The number of furan rings is 1. The van der Waals surface area contributed by atoms with Gasteiger partial charge >= 0.3 is 0 Å². The minimum absolute atomic E-state index is 0.155. The molecule has 4 aromatic rings. The van der Waals surface area contributed by atoms with Gasteiger partial charge < -0.3 is 14.6 Å². The SMILES string of the molecule is CN(C)CCNC(=O)c1cccc2nc3c(nc12)oc1ccccc13. The van der Waals surface area contributed by atoms with E-state index in [0.717, 1.165) is 17.5 Å². The average Bonchev–Trinajstić information content (AvgIpc) is 2.96. The number of likely N-dealkylation sites (N-methyl/N-ethyl adjacent to an activating group) is 1. The molecule has 0 atom stereocenters. The van der Waals surface area contributed by atoms with Gasteiger partial charge in [-0.05, 0) is 38.4 Å². The molecule has 0 bridgehead atoms. The standard InChI is InChI=1S/C19H18N4O2/c1-23(2)11-10-20-18(24)13-7-5-8-14-16(13)22-19-17(21-14)12-6-3-4-9-15(12)25-19/h3-9H,10-11H2,1-2H3,(H,20,24). The van der Waals surface area contributed by atoms with Crippen LogP contribution in [-0.4, -0.2) is 48.0 Å². The van der Waals surface area contributed by atoms with Crippen molar-refractivity contribution in [2.75, 3.05) is 27.2 Å². The van der Waals surface area contributed by atoms with Crippen LogP contribution in [0.15, 0.2) is 46.9 Å². The van der Waals surface area contributed by atoms with E-state index in [4.69, 9.17) is 4.42 Å². The zero-order valence-corrected chi connectivity index (χ0v) is 14.1. The Morgan fingerprint density at radius 1 is 1.08 bits per heavy atom. The number of benzene rings is 2. The van der Waals surface area contributed by atoms with Crippen LogP contribution < -0.4 is 5.32 Å². The number of carbonyl (C=O) groups is 1. The van der Waals surface area contributed by atoms with Crippen LogP contribution in [0.1, 0.15) is 10.4 Å². The lowest BCUT2D eigenvalue weighted by Gasteiger charge is -2.11. The first-order chi connectivity index (χ1) is 12.1. The van der Waals surface area contributed by atoms with E-state index in [-0.39, 0.29) is 5.91 Å². The number of carbonyl (C=O) groups excluding carboxylic acids is 1.